The van der Waals surface area contributed by atoms with E-state index in [9.17, 15) is 26.4 Å². The Labute approximate surface area is 143 Å². The standard InChI is InChI=1S/C14H18F3N3O4S/c1-20(2)25(22,23)8-10-6-24-7-11(10)19-13(21)9-3-4-12(18-5-9)14(15,16)17/h3-5,10-11H,6-8H2,1-2H3,(H,19,21)/t10-,11-/m0/s1. The summed E-state index contributed by atoms with van der Waals surface area (Å²) in [7, 11) is -0.654. The summed E-state index contributed by atoms with van der Waals surface area (Å²) in [4.78, 5) is 15.4. The van der Waals surface area contributed by atoms with Crippen LogP contribution >= 0.6 is 0 Å². The van der Waals surface area contributed by atoms with Gasteiger partial charge in [0.05, 0.1) is 30.6 Å². The molecular formula is C14H18F3N3O4S. The van der Waals surface area contributed by atoms with Gasteiger partial charge in [0.15, 0.2) is 0 Å². The first-order valence-corrected chi connectivity index (χ1v) is 8.93. The maximum Gasteiger partial charge on any atom is 0.433 e. The number of amides is 1. The summed E-state index contributed by atoms with van der Waals surface area (Å²) in [5, 5.41) is 2.60. The molecule has 0 aliphatic carbocycles. The van der Waals surface area contributed by atoms with Crippen LogP contribution in [0.25, 0.3) is 0 Å². The summed E-state index contributed by atoms with van der Waals surface area (Å²) in [6, 6.07) is 1.19. The van der Waals surface area contributed by atoms with Gasteiger partial charge in [-0.2, -0.15) is 13.2 Å². The summed E-state index contributed by atoms with van der Waals surface area (Å²) < 4.78 is 67.7. The third-order valence-electron chi connectivity index (χ3n) is 3.81. The van der Waals surface area contributed by atoms with Crippen LogP contribution in [-0.2, 0) is 20.9 Å². The number of halogens is 3. The molecule has 1 aromatic heterocycles. The molecule has 2 rings (SSSR count). The summed E-state index contributed by atoms with van der Waals surface area (Å²) in [6.07, 6.45) is -3.75. The number of ether oxygens (including phenoxy) is 1. The minimum Gasteiger partial charge on any atom is -0.379 e. The van der Waals surface area contributed by atoms with Crippen molar-refractivity contribution < 1.29 is 31.1 Å². The Hall–Kier alpha value is -1.72. The molecule has 0 saturated carbocycles. The second-order valence-corrected chi connectivity index (χ2v) is 8.10. The average molecular weight is 381 g/mol. The number of hydrogen-bond donors (Lipinski definition) is 1. The first-order chi connectivity index (χ1) is 11.5. The number of aromatic nitrogens is 1. The molecule has 1 aromatic rings. The van der Waals surface area contributed by atoms with E-state index in [0.717, 1.165) is 16.6 Å². The van der Waals surface area contributed by atoms with Crippen LogP contribution < -0.4 is 5.32 Å². The molecule has 0 spiro atoms. The second kappa shape index (κ2) is 7.26. The van der Waals surface area contributed by atoms with Crippen LogP contribution in [0.4, 0.5) is 13.2 Å². The van der Waals surface area contributed by atoms with E-state index in [0.29, 0.717) is 6.07 Å². The highest BCUT2D eigenvalue weighted by Gasteiger charge is 2.35. The van der Waals surface area contributed by atoms with E-state index in [1.54, 1.807) is 0 Å². The fourth-order valence-corrected chi connectivity index (χ4v) is 3.46. The molecule has 0 unspecified atom stereocenters. The van der Waals surface area contributed by atoms with Crippen LogP contribution in [0, 0.1) is 5.92 Å². The third kappa shape index (κ3) is 4.89. The van der Waals surface area contributed by atoms with Gasteiger partial charge in [0.2, 0.25) is 10.0 Å². The van der Waals surface area contributed by atoms with E-state index in [2.05, 4.69) is 10.3 Å². The second-order valence-electron chi connectivity index (χ2n) is 5.87. The van der Waals surface area contributed by atoms with Gasteiger partial charge >= 0.3 is 6.18 Å². The van der Waals surface area contributed by atoms with Crippen molar-refractivity contribution in [3.05, 3.63) is 29.6 Å². The molecule has 0 radical (unpaired) electrons. The normalized spacial score (nSPS) is 21.5. The van der Waals surface area contributed by atoms with Crippen molar-refractivity contribution in [2.45, 2.75) is 12.2 Å². The fourth-order valence-electron chi connectivity index (χ4n) is 2.29. The highest BCUT2D eigenvalue weighted by molar-refractivity contribution is 7.89. The zero-order valence-corrected chi connectivity index (χ0v) is 14.4. The van der Waals surface area contributed by atoms with Crippen LogP contribution in [0.3, 0.4) is 0 Å². The van der Waals surface area contributed by atoms with Crippen molar-refractivity contribution >= 4 is 15.9 Å². The molecule has 0 aromatic carbocycles. The predicted octanol–water partition coefficient (Wildman–Crippen LogP) is 0.737. The molecule has 1 amide bonds. The third-order valence-corrected chi connectivity index (χ3v) is 5.77. The minimum absolute atomic E-state index is 0.0471. The van der Waals surface area contributed by atoms with E-state index in [-0.39, 0.29) is 24.5 Å². The first kappa shape index (κ1) is 19.6. The number of carbonyl (C=O) groups is 1. The molecule has 7 nitrogen and oxygen atoms in total. The van der Waals surface area contributed by atoms with Crippen molar-refractivity contribution in [3.63, 3.8) is 0 Å². The Morgan fingerprint density at radius 1 is 1.36 bits per heavy atom. The lowest BCUT2D eigenvalue weighted by molar-refractivity contribution is -0.141. The highest BCUT2D eigenvalue weighted by Crippen LogP contribution is 2.27. The molecule has 140 valence electrons. The van der Waals surface area contributed by atoms with E-state index in [4.69, 9.17) is 4.74 Å². The number of pyridine rings is 1. The number of sulfonamides is 1. The van der Waals surface area contributed by atoms with E-state index >= 15 is 0 Å². The number of hydrogen-bond acceptors (Lipinski definition) is 5. The molecule has 1 saturated heterocycles. The smallest absolute Gasteiger partial charge is 0.379 e. The molecule has 1 fully saturated rings. The van der Waals surface area contributed by atoms with Crippen LogP contribution in [0.15, 0.2) is 18.3 Å². The van der Waals surface area contributed by atoms with Crippen molar-refractivity contribution in [2.24, 2.45) is 5.92 Å². The van der Waals surface area contributed by atoms with Gasteiger partial charge in [0.1, 0.15) is 5.69 Å². The summed E-state index contributed by atoms with van der Waals surface area (Å²) >= 11 is 0. The van der Waals surface area contributed by atoms with E-state index in [1.165, 1.54) is 14.1 Å². The molecule has 25 heavy (non-hydrogen) atoms. The Bertz CT molecular complexity index is 720. The quantitative estimate of drug-likeness (QED) is 0.813. The molecule has 11 heteroatoms. The van der Waals surface area contributed by atoms with Crippen LogP contribution in [0.5, 0.6) is 0 Å². The minimum atomic E-state index is -4.58. The molecule has 2 heterocycles. The van der Waals surface area contributed by atoms with Gasteiger partial charge in [-0.1, -0.05) is 0 Å². The van der Waals surface area contributed by atoms with Crippen molar-refractivity contribution in [2.75, 3.05) is 33.1 Å². The zero-order chi connectivity index (χ0) is 18.8. The van der Waals surface area contributed by atoms with Gasteiger partial charge < -0.3 is 10.1 Å². The van der Waals surface area contributed by atoms with Gasteiger partial charge in [0.25, 0.3) is 5.91 Å². The Balaban J connectivity index is 2.04. The van der Waals surface area contributed by atoms with Gasteiger partial charge in [-0.25, -0.2) is 12.7 Å². The number of carbonyl (C=O) groups excluding carboxylic acids is 1. The van der Waals surface area contributed by atoms with Gasteiger partial charge in [-0.15, -0.1) is 0 Å². The Morgan fingerprint density at radius 3 is 2.56 bits per heavy atom. The van der Waals surface area contributed by atoms with Crippen molar-refractivity contribution in [3.8, 4) is 0 Å². The maximum absolute atomic E-state index is 12.5. The molecule has 0 bridgehead atoms. The molecule has 1 aliphatic heterocycles. The number of nitrogens with one attached hydrogen (secondary N) is 1. The lowest BCUT2D eigenvalue weighted by atomic mass is 10.1. The summed E-state index contributed by atoms with van der Waals surface area (Å²) in [5.74, 6) is -1.28. The van der Waals surface area contributed by atoms with Crippen molar-refractivity contribution in [1.82, 2.24) is 14.6 Å². The largest absolute Gasteiger partial charge is 0.433 e. The topological polar surface area (TPSA) is 88.6 Å². The Morgan fingerprint density at radius 2 is 2.04 bits per heavy atom. The lowest BCUT2D eigenvalue weighted by Crippen LogP contribution is -2.43. The molecule has 2 atom stereocenters. The predicted molar refractivity (Wildman–Crippen MR) is 82.3 cm³/mol. The maximum atomic E-state index is 12.5. The van der Waals surface area contributed by atoms with Crippen molar-refractivity contribution in [1.29, 1.82) is 0 Å². The number of alkyl halides is 3. The fraction of sp³-hybridized carbons (Fsp3) is 0.571. The zero-order valence-electron chi connectivity index (χ0n) is 13.6. The molecule has 1 aliphatic rings. The van der Waals surface area contributed by atoms with Gasteiger partial charge in [0, 0.05) is 26.2 Å². The first-order valence-electron chi connectivity index (χ1n) is 7.33. The summed E-state index contributed by atoms with van der Waals surface area (Å²) in [5.41, 5.74) is -1.14. The van der Waals surface area contributed by atoms with Crippen LogP contribution in [-0.4, -0.2) is 62.7 Å². The van der Waals surface area contributed by atoms with Crippen LogP contribution in [0.1, 0.15) is 16.1 Å². The summed E-state index contributed by atoms with van der Waals surface area (Å²) in [6.45, 7) is 0.302. The average Bonchev–Trinajstić information content (AvgIpc) is 2.92. The Kier molecular flexibility index (Phi) is 5.69. The van der Waals surface area contributed by atoms with E-state index < -0.39 is 39.8 Å². The lowest BCUT2D eigenvalue weighted by Gasteiger charge is -2.21. The highest BCUT2D eigenvalue weighted by atomic mass is 32.2. The number of nitrogens with zero attached hydrogens (tertiary/aromatic N) is 2. The van der Waals surface area contributed by atoms with Gasteiger partial charge in [-0.3, -0.25) is 9.78 Å². The molecular weight excluding hydrogens is 363 g/mol. The SMILES string of the molecule is CN(C)S(=O)(=O)C[C@@H]1COC[C@@H]1NC(=O)c1ccc(C(F)(F)F)nc1. The van der Waals surface area contributed by atoms with Crippen LogP contribution in [0.2, 0.25) is 0 Å². The van der Waals surface area contributed by atoms with Gasteiger partial charge in [-0.05, 0) is 12.1 Å². The molecule has 1 N–H and O–H groups in total. The van der Waals surface area contributed by atoms with E-state index in [1.807, 2.05) is 0 Å². The number of rotatable bonds is 5. The monoisotopic (exact) mass is 381 g/mol.